The zero-order chi connectivity index (χ0) is 11.2. The van der Waals surface area contributed by atoms with Crippen molar-refractivity contribution in [3.63, 3.8) is 0 Å². The number of carbonyl (C=O) groups excluding carboxylic acids is 1. The van der Waals surface area contributed by atoms with Crippen molar-refractivity contribution in [2.24, 2.45) is 5.73 Å². The van der Waals surface area contributed by atoms with Crippen LogP contribution in [0.3, 0.4) is 0 Å². The van der Waals surface area contributed by atoms with Crippen molar-refractivity contribution in [3.05, 3.63) is 0 Å². The molecule has 1 atom stereocenters. The molecule has 0 saturated heterocycles. The second-order valence-electron chi connectivity index (χ2n) is 4.24. The molecule has 0 aromatic rings. The Bertz CT molecular complexity index is 181. The molecule has 4 nitrogen and oxygen atoms in total. The fourth-order valence-electron chi connectivity index (χ4n) is 1.21. The molecule has 0 heterocycles. The molecule has 0 spiro atoms. The first-order valence-corrected chi connectivity index (χ1v) is 5.11. The summed E-state index contributed by atoms with van der Waals surface area (Å²) in [6.45, 7) is 5.81. The van der Waals surface area contributed by atoms with Crippen LogP contribution in [0.4, 0.5) is 0 Å². The van der Waals surface area contributed by atoms with E-state index < -0.39 is 6.04 Å². The van der Waals surface area contributed by atoms with Crippen LogP contribution < -0.4 is 11.1 Å². The summed E-state index contributed by atoms with van der Waals surface area (Å²) in [5, 5.41) is 11.6. The van der Waals surface area contributed by atoms with Crippen LogP contribution in [0.5, 0.6) is 0 Å². The number of hydrogen-bond acceptors (Lipinski definition) is 3. The Morgan fingerprint density at radius 3 is 2.57 bits per heavy atom. The van der Waals surface area contributed by atoms with Gasteiger partial charge < -0.3 is 16.2 Å². The van der Waals surface area contributed by atoms with Crippen molar-refractivity contribution >= 4 is 5.91 Å². The zero-order valence-electron chi connectivity index (χ0n) is 9.34. The van der Waals surface area contributed by atoms with E-state index >= 15 is 0 Å². The molecule has 0 fully saturated rings. The normalized spacial score (nSPS) is 13.8. The molecule has 4 heteroatoms. The second-order valence-corrected chi connectivity index (χ2v) is 4.24. The third kappa shape index (κ3) is 5.19. The molecule has 0 aliphatic carbocycles. The van der Waals surface area contributed by atoms with Crippen LogP contribution in [0.15, 0.2) is 0 Å². The van der Waals surface area contributed by atoms with Crippen LogP contribution in [0.25, 0.3) is 0 Å². The van der Waals surface area contributed by atoms with Crippen molar-refractivity contribution < 1.29 is 9.90 Å². The van der Waals surface area contributed by atoms with E-state index in [1.54, 1.807) is 0 Å². The second kappa shape index (κ2) is 5.98. The highest BCUT2D eigenvalue weighted by molar-refractivity contribution is 5.82. The van der Waals surface area contributed by atoms with Gasteiger partial charge in [-0.05, 0) is 26.7 Å². The quantitative estimate of drug-likeness (QED) is 0.583. The van der Waals surface area contributed by atoms with Crippen molar-refractivity contribution in [2.45, 2.75) is 51.6 Å². The van der Waals surface area contributed by atoms with Gasteiger partial charge in [-0.1, -0.05) is 13.3 Å². The number of carbonyl (C=O) groups is 1. The summed E-state index contributed by atoms with van der Waals surface area (Å²) in [7, 11) is 0. The van der Waals surface area contributed by atoms with Gasteiger partial charge in [0.15, 0.2) is 0 Å². The van der Waals surface area contributed by atoms with Crippen molar-refractivity contribution in [2.75, 3.05) is 6.61 Å². The number of aliphatic hydroxyl groups excluding tert-OH is 1. The monoisotopic (exact) mass is 202 g/mol. The highest BCUT2D eigenvalue weighted by atomic mass is 16.3. The van der Waals surface area contributed by atoms with Gasteiger partial charge >= 0.3 is 0 Å². The van der Waals surface area contributed by atoms with E-state index in [1.807, 2.05) is 20.8 Å². The summed E-state index contributed by atoms with van der Waals surface area (Å²) in [5.41, 5.74) is 5.28. The fourth-order valence-corrected chi connectivity index (χ4v) is 1.21. The first-order chi connectivity index (χ1) is 6.43. The van der Waals surface area contributed by atoms with Crippen molar-refractivity contribution in [3.8, 4) is 0 Å². The number of nitrogens with one attached hydrogen (secondary N) is 1. The molecule has 0 aromatic heterocycles. The van der Waals surface area contributed by atoms with E-state index in [0.717, 1.165) is 6.42 Å². The maximum absolute atomic E-state index is 11.5. The first kappa shape index (κ1) is 13.4. The van der Waals surface area contributed by atoms with Gasteiger partial charge in [0, 0.05) is 12.1 Å². The van der Waals surface area contributed by atoms with Gasteiger partial charge in [-0.15, -0.1) is 0 Å². The third-order valence-electron chi connectivity index (χ3n) is 2.13. The average Bonchev–Trinajstić information content (AvgIpc) is 2.03. The molecule has 14 heavy (non-hydrogen) atoms. The van der Waals surface area contributed by atoms with Crippen LogP contribution >= 0.6 is 0 Å². The first-order valence-electron chi connectivity index (χ1n) is 5.11. The lowest BCUT2D eigenvalue weighted by Gasteiger charge is -2.27. The standard InChI is InChI=1S/C10H22N2O2/c1-4-5-8(11)9(14)12-10(2,3)6-7-13/h8,13H,4-7,11H2,1-3H3,(H,12,14). The third-order valence-corrected chi connectivity index (χ3v) is 2.13. The average molecular weight is 202 g/mol. The summed E-state index contributed by atoms with van der Waals surface area (Å²) in [4.78, 5) is 11.5. The van der Waals surface area contributed by atoms with E-state index in [-0.39, 0.29) is 18.1 Å². The SMILES string of the molecule is CCCC(N)C(=O)NC(C)(C)CCO. The lowest BCUT2D eigenvalue weighted by molar-refractivity contribution is -0.124. The Hall–Kier alpha value is -0.610. The molecule has 0 rings (SSSR count). The van der Waals surface area contributed by atoms with E-state index in [4.69, 9.17) is 10.8 Å². The Balaban J connectivity index is 4.03. The van der Waals surface area contributed by atoms with Gasteiger partial charge in [-0.3, -0.25) is 4.79 Å². The summed E-state index contributed by atoms with van der Waals surface area (Å²) < 4.78 is 0. The molecule has 0 radical (unpaired) electrons. The van der Waals surface area contributed by atoms with Crippen molar-refractivity contribution in [1.29, 1.82) is 0 Å². The number of rotatable bonds is 6. The summed E-state index contributed by atoms with van der Waals surface area (Å²) in [5.74, 6) is -0.134. The Morgan fingerprint density at radius 2 is 2.14 bits per heavy atom. The lowest BCUT2D eigenvalue weighted by atomic mass is 10.0. The molecule has 0 bridgehead atoms. The highest BCUT2D eigenvalue weighted by Crippen LogP contribution is 2.07. The van der Waals surface area contributed by atoms with Crippen LogP contribution in [0.1, 0.15) is 40.0 Å². The molecule has 84 valence electrons. The number of amides is 1. The van der Waals surface area contributed by atoms with Gasteiger partial charge in [0.1, 0.15) is 0 Å². The summed E-state index contributed by atoms with van der Waals surface area (Å²) in [6.07, 6.45) is 2.13. The number of nitrogens with two attached hydrogens (primary N) is 1. The van der Waals surface area contributed by atoms with E-state index in [1.165, 1.54) is 0 Å². The molecule has 4 N–H and O–H groups in total. The largest absolute Gasteiger partial charge is 0.396 e. The lowest BCUT2D eigenvalue weighted by Crippen LogP contribution is -2.50. The molecular weight excluding hydrogens is 180 g/mol. The number of aliphatic hydroxyl groups is 1. The van der Waals surface area contributed by atoms with Crippen LogP contribution in [0, 0.1) is 0 Å². The highest BCUT2D eigenvalue weighted by Gasteiger charge is 2.22. The minimum absolute atomic E-state index is 0.0658. The summed E-state index contributed by atoms with van der Waals surface area (Å²) in [6, 6.07) is -0.432. The topological polar surface area (TPSA) is 75.4 Å². The predicted octanol–water partition coefficient (Wildman–Crippen LogP) is 0.391. The molecule has 1 unspecified atom stereocenters. The van der Waals surface area contributed by atoms with Crippen LogP contribution in [-0.2, 0) is 4.79 Å². The fraction of sp³-hybridized carbons (Fsp3) is 0.900. The Labute approximate surface area is 85.9 Å². The Morgan fingerprint density at radius 1 is 1.57 bits per heavy atom. The summed E-state index contributed by atoms with van der Waals surface area (Å²) >= 11 is 0. The Kier molecular flexibility index (Phi) is 5.72. The minimum atomic E-state index is -0.432. The molecule has 0 aromatic carbocycles. The maximum atomic E-state index is 11.5. The molecule has 0 saturated carbocycles. The van der Waals surface area contributed by atoms with E-state index in [2.05, 4.69) is 5.32 Å². The van der Waals surface area contributed by atoms with Gasteiger partial charge in [-0.2, -0.15) is 0 Å². The van der Waals surface area contributed by atoms with Gasteiger partial charge in [0.05, 0.1) is 6.04 Å². The van der Waals surface area contributed by atoms with Gasteiger partial charge in [-0.25, -0.2) is 0 Å². The van der Waals surface area contributed by atoms with Gasteiger partial charge in [0.2, 0.25) is 5.91 Å². The van der Waals surface area contributed by atoms with E-state index in [9.17, 15) is 4.79 Å². The van der Waals surface area contributed by atoms with E-state index in [0.29, 0.717) is 12.8 Å². The maximum Gasteiger partial charge on any atom is 0.237 e. The van der Waals surface area contributed by atoms with Crippen molar-refractivity contribution in [1.82, 2.24) is 5.32 Å². The van der Waals surface area contributed by atoms with Crippen LogP contribution in [-0.4, -0.2) is 29.2 Å². The molecule has 0 aliphatic heterocycles. The number of hydrogen-bond donors (Lipinski definition) is 3. The molecule has 1 amide bonds. The smallest absolute Gasteiger partial charge is 0.237 e. The predicted molar refractivity (Wildman–Crippen MR) is 56.8 cm³/mol. The van der Waals surface area contributed by atoms with Crippen LogP contribution in [0.2, 0.25) is 0 Å². The molecular formula is C10H22N2O2. The van der Waals surface area contributed by atoms with Gasteiger partial charge in [0.25, 0.3) is 0 Å². The zero-order valence-corrected chi connectivity index (χ0v) is 9.34. The molecule has 0 aliphatic rings. The minimum Gasteiger partial charge on any atom is -0.396 e.